The van der Waals surface area contributed by atoms with E-state index >= 15 is 0 Å². The van der Waals surface area contributed by atoms with Crippen molar-refractivity contribution in [1.29, 1.82) is 0 Å². The SMILES string of the molecule is Cc1ccc(N(c2ccccc2)c2ccc(C=Cc3ccc(C=Cc4ccc(N(c5ccccc5)c5ccc(C)cc5C)cc4)cc3)cc2)c(C)c1. The first-order valence-electron chi connectivity index (χ1n) is 17.9. The van der Waals surface area contributed by atoms with Gasteiger partial charge in [0.1, 0.15) is 0 Å². The fraction of sp³-hybridized carbons (Fsp3) is 0.0800. The van der Waals surface area contributed by atoms with Crippen LogP contribution in [0, 0.1) is 27.7 Å². The molecule has 7 aromatic carbocycles. The Kier molecular flexibility index (Phi) is 10.3. The molecular weight excluding hydrogens is 629 g/mol. The molecule has 2 heteroatoms. The molecule has 0 spiro atoms. The lowest BCUT2D eigenvalue weighted by Crippen LogP contribution is -2.11. The Hall–Kier alpha value is -6.38. The zero-order valence-corrected chi connectivity index (χ0v) is 30.4. The van der Waals surface area contributed by atoms with E-state index in [1.807, 2.05) is 0 Å². The highest BCUT2D eigenvalue weighted by Crippen LogP contribution is 2.38. The molecule has 2 nitrogen and oxygen atoms in total. The van der Waals surface area contributed by atoms with Gasteiger partial charge < -0.3 is 9.80 Å². The van der Waals surface area contributed by atoms with Crippen molar-refractivity contribution in [1.82, 2.24) is 0 Å². The maximum absolute atomic E-state index is 2.33. The Morgan fingerprint density at radius 2 is 0.596 bits per heavy atom. The lowest BCUT2D eigenvalue weighted by atomic mass is 10.1. The average Bonchev–Trinajstić information content (AvgIpc) is 3.17. The summed E-state index contributed by atoms with van der Waals surface area (Å²) in [6.07, 6.45) is 8.71. The van der Waals surface area contributed by atoms with Crippen LogP contribution in [0.2, 0.25) is 0 Å². The zero-order valence-electron chi connectivity index (χ0n) is 30.4. The molecule has 0 aromatic heterocycles. The van der Waals surface area contributed by atoms with E-state index in [4.69, 9.17) is 0 Å². The third kappa shape index (κ3) is 7.98. The Morgan fingerprint density at radius 3 is 0.904 bits per heavy atom. The third-order valence-corrected chi connectivity index (χ3v) is 9.39. The van der Waals surface area contributed by atoms with Gasteiger partial charge in [0.15, 0.2) is 0 Å². The summed E-state index contributed by atoms with van der Waals surface area (Å²) in [5.41, 5.74) is 16.6. The Balaban J connectivity index is 1.03. The molecule has 0 radical (unpaired) electrons. The van der Waals surface area contributed by atoms with Crippen LogP contribution in [-0.2, 0) is 0 Å². The second-order valence-electron chi connectivity index (χ2n) is 13.4. The van der Waals surface area contributed by atoms with Gasteiger partial charge in [-0.3, -0.25) is 0 Å². The maximum Gasteiger partial charge on any atom is 0.0490 e. The summed E-state index contributed by atoms with van der Waals surface area (Å²) in [5.74, 6) is 0. The van der Waals surface area contributed by atoms with E-state index in [1.54, 1.807) is 0 Å². The summed E-state index contributed by atoms with van der Waals surface area (Å²) in [4.78, 5) is 4.66. The number of hydrogen-bond acceptors (Lipinski definition) is 2. The smallest absolute Gasteiger partial charge is 0.0490 e. The molecule has 0 unspecified atom stereocenters. The number of nitrogens with zero attached hydrogens (tertiary/aromatic N) is 2. The summed E-state index contributed by atoms with van der Waals surface area (Å²) in [6.45, 7) is 8.65. The fourth-order valence-electron chi connectivity index (χ4n) is 6.69. The molecule has 52 heavy (non-hydrogen) atoms. The minimum absolute atomic E-state index is 1.14. The molecule has 0 fully saturated rings. The van der Waals surface area contributed by atoms with E-state index in [-0.39, 0.29) is 0 Å². The van der Waals surface area contributed by atoms with Crippen LogP contribution >= 0.6 is 0 Å². The topological polar surface area (TPSA) is 6.48 Å². The molecule has 0 N–H and O–H groups in total. The van der Waals surface area contributed by atoms with Gasteiger partial charge in [-0.2, -0.15) is 0 Å². The summed E-state index contributed by atoms with van der Waals surface area (Å²) in [6, 6.07) is 60.7. The van der Waals surface area contributed by atoms with E-state index < -0.39 is 0 Å². The minimum atomic E-state index is 1.14. The predicted molar refractivity (Wildman–Crippen MR) is 225 cm³/mol. The monoisotopic (exact) mass is 672 g/mol. The molecule has 0 aliphatic heterocycles. The molecule has 0 atom stereocenters. The van der Waals surface area contributed by atoms with E-state index in [2.05, 4.69) is 232 Å². The molecule has 0 saturated carbocycles. The van der Waals surface area contributed by atoms with Crippen molar-refractivity contribution in [2.45, 2.75) is 27.7 Å². The molecule has 0 amide bonds. The average molecular weight is 673 g/mol. The Labute approximate surface area is 309 Å². The first kappa shape index (κ1) is 34.1. The quantitative estimate of drug-likeness (QED) is 0.133. The van der Waals surface area contributed by atoms with Crippen molar-refractivity contribution in [2.24, 2.45) is 0 Å². The molecule has 0 saturated heterocycles. The maximum atomic E-state index is 2.33. The van der Waals surface area contributed by atoms with Crippen molar-refractivity contribution in [3.8, 4) is 0 Å². The summed E-state index contributed by atoms with van der Waals surface area (Å²) >= 11 is 0. The molecule has 7 rings (SSSR count). The highest BCUT2D eigenvalue weighted by Gasteiger charge is 2.15. The van der Waals surface area contributed by atoms with Crippen molar-refractivity contribution in [2.75, 3.05) is 9.80 Å². The predicted octanol–water partition coefficient (Wildman–Crippen LogP) is 14.2. The van der Waals surface area contributed by atoms with Crippen LogP contribution in [0.1, 0.15) is 44.5 Å². The number of hydrogen-bond donors (Lipinski definition) is 0. The van der Waals surface area contributed by atoms with Gasteiger partial charge in [-0.15, -0.1) is 0 Å². The van der Waals surface area contributed by atoms with Gasteiger partial charge in [0.05, 0.1) is 0 Å². The van der Waals surface area contributed by atoms with Gasteiger partial charge in [-0.05, 0) is 122 Å². The van der Waals surface area contributed by atoms with Crippen LogP contribution in [0.5, 0.6) is 0 Å². The van der Waals surface area contributed by atoms with Gasteiger partial charge >= 0.3 is 0 Å². The number of anilines is 6. The molecule has 0 aliphatic carbocycles. The fourth-order valence-corrected chi connectivity index (χ4v) is 6.69. The lowest BCUT2D eigenvalue weighted by molar-refractivity contribution is 1.24. The van der Waals surface area contributed by atoms with Crippen LogP contribution in [0.25, 0.3) is 24.3 Å². The zero-order chi connectivity index (χ0) is 35.9. The van der Waals surface area contributed by atoms with Crippen LogP contribution in [-0.4, -0.2) is 0 Å². The second kappa shape index (κ2) is 15.7. The van der Waals surface area contributed by atoms with Gasteiger partial charge in [0.25, 0.3) is 0 Å². The van der Waals surface area contributed by atoms with Crippen LogP contribution in [0.4, 0.5) is 34.1 Å². The van der Waals surface area contributed by atoms with E-state index in [1.165, 1.54) is 44.8 Å². The number of para-hydroxylation sites is 2. The van der Waals surface area contributed by atoms with Crippen molar-refractivity contribution in [3.05, 3.63) is 214 Å². The molecular formula is C50H44N2. The summed E-state index contributed by atoms with van der Waals surface area (Å²) < 4.78 is 0. The van der Waals surface area contributed by atoms with E-state index in [0.717, 1.165) is 33.9 Å². The van der Waals surface area contributed by atoms with E-state index in [0.29, 0.717) is 0 Å². The minimum Gasteiger partial charge on any atom is -0.310 e. The van der Waals surface area contributed by atoms with Gasteiger partial charge in [-0.25, -0.2) is 0 Å². The first-order valence-corrected chi connectivity index (χ1v) is 17.9. The largest absolute Gasteiger partial charge is 0.310 e. The molecule has 7 aromatic rings. The van der Waals surface area contributed by atoms with Crippen LogP contribution in [0.3, 0.4) is 0 Å². The second-order valence-corrected chi connectivity index (χ2v) is 13.4. The van der Waals surface area contributed by atoms with Crippen LogP contribution in [0.15, 0.2) is 170 Å². The number of aryl methyl sites for hydroxylation is 4. The third-order valence-electron chi connectivity index (χ3n) is 9.39. The highest BCUT2D eigenvalue weighted by atomic mass is 15.1. The number of benzene rings is 7. The van der Waals surface area contributed by atoms with Crippen molar-refractivity contribution >= 4 is 58.4 Å². The Bertz CT molecular complexity index is 2130. The lowest BCUT2D eigenvalue weighted by Gasteiger charge is -2.27. The molecule has 0 aliphatic rings. The van der Waals surface area contributed by atoms with Gasteiger partial charge in [-0.1, -0.05) is 145 Å². The molecule has 254 valence electrons. The number of rotatable bonds is 10. The summed E-state index contributed by atoms with van der Waals surface area (Å²) in [7, 11) is 0. The normalized spacial score (nSPS) is 11.3. The van der Waals surface area contributed by atoms with E-state index in [9.17, 15) is 0 Å². The standard InChI is InChI=1S/C50H44N2/c1-37-15-33-49(39(3)35-37)51(45-11-7-5-8-12-45)47-29-25-43(26-30-47)23-21-41-17-19-42(20-18-41)22-24-44-27-31-48(32-28-44)52(46-13-9-6-10-14-46)50-34-16-38(2)36-40(50)4/h5-36H,1-4H3. The molecule has 0 bridgehead atoms. The highest BCUT2D eigenvalue weighted by molar-refractivity contribution is 5.81. The Morgan fingerprint density at radius 1 is 0.308 bits per heavy atom. The van der Waals surface area contributed by atoms with Crippen molar-refractivity contribution < 1.29 is 0 Å². The summed E-state index contributed by atoms with van der Waals surface area (Å²) in [5, 5.41) is 0. The first-order chi connectivity index (χ1) is 25.4. The van der Waals surface area contributed by atoms with Crippen LogP contribution < -0.4 is 9.80 Å². The van der Waals surface area contributed by atoms with Gasteiger partial charge in [0.2, 0.25) is 0 Å². The molecule has 0 heterocycles. The van der Waals surface area contributed by atoms with Crippen molar-refractivity contribution in [3.63, 3.8) is 0 Å². The van der Waals surface area contributed by atoms with Gasteiger partial charge in [0, 0.05) is 34.1 Å².